The quantitative estimate of drug-likeness (QED) is 0.682. The summed E-state index contributed by atoms with van der Waals surface area (Å²) in [5.74, 6) is -2.36. The standard InChI is InChI=1S/C24H20F2N2O3/c25-17-10-11-19(26)18(14-17)24(30)28-15-22(31-21-9-5-4-8-20(21)28)23(29)27-13-12-16-6-2-1-3-7-16/h1-11,14,22H,12-13,15H2,(H,27,29). The van der Waals surface area contributed by atoms with Gasteiger partial charge in [-0.1, -0.05) is 42.5 Å². The molecule has 2 amide bonds. The second-order valence-corrected chi connectivity index (χ2v) is 7.14. The lowest BCUT2D eigenvalue weighted by atomic mass is 10.1. The van der Waals surface area contributed by atoms with Crippen molar-refractivity contribution in [3.63, 3.8) is 0 Å². The molecular formula is C24H20F2N2O3. The molecule has 0 aliphatic carbocycles. The largest absolute Gasteiger partial charge is 0.477 e. The number of carbonyl (C=O) groups excluding carboxylic acids is 2. The second kappa shape index (κ2) is 8.95. The smallest absolute Gasteiger partial charge is 0.262 e. The summed E-state index contributed by atoms with van der Waals surface area (Å²) in [6.07, 6.45) is -0.334. The van der Waals surface area contributed by atoms with Crippen LogP contribution in [0.15, 0.2) is 72.8 Å². The van der Waals surface area contributed by atoms with Gasteiger partial charge >= 0.3 is 0 Å². The molecule has 0 saturated heterocycles. The molecular weight excluding hydrogens is 402 g/mol. The van der Waals surface area contributed by atoms with Crippen molar-refractivity contribution in [2.24, 2.45) is 0 Å². The first-order valence-corrected chi connectivity index (χ1v) is 9.87. The third-order valence-electron chi connectivity index (χ3n) is 5.03. The maximum atomic E-state index is 14.2. The zero-order chi connectivity index (χ0) is 21.8. The maximum absolute atomic E-state index is 14.2. The van der Waals surface area contributed by atoms with Crippen LogP contribution in [0.1, 0.15) is 15.9 Å². The Kier molecular flexibility index (Phi) is 5.93. The number of hydrogen-bond acceptors (Lipinski definition) is 3. The number of nitrogens with one attached hydrogen (secondary N) is 1. The predicted octanol–water partition coefficient (Wildman–Crippen LogP) is 3.73. The van der Waals surface area contributed by atoms with Crippen LogP contribution in [-0.4, -0.2) is 31.0 Å². The van der Waals surface area contributed by atoms with Crippen molar-refractivity contribution in [1.29, 1.82) is 0 Å². The van der Waals surface area contributed by atoms with E-state index in [2.05, 4.69) is 5.32 Å². The first kappa shape index (κ1) is 20.5. The van der Waals surface area contributed by atoms with Crippen LogP contribution >= 0.6 is 0 Å². The van der Waals surface area contributed by atoms with Gasteiger partial charge in [-0.25, -0.2) is 8.78 Å². The molecule has 31 heavy (non-hydrogen) atoms. The fourth-order valence-corrected chi connectivity index (χ4v) is 3.46. The van der Waals surface area contributed by atoms with Gasteiger partial charge in [-0.05, 0) is 42.3 Å². The van der Waals surface area contributed by atoms with E-state index in [1.807, 2.05) is 30.3 Å². The number of ether oxygens (including phenoxy) is 1. The zero-order valence-corrected chi connectivity index (χ0v) is 16.6. The van der Waals surface area contributed by atoms with E-state index >= 15 is 0 Å². The zero-order valence-electron chi connectivity index (χ0n) is 16.6. The fourth-order valence-electron chi connectivity index (χ4n) is 3.46. The van der Waals surface area contributed by atoms with Gasteiger partial charge in [0.2, 0.25) is 0 Å². The van der Waals surface area contributed by atoms with Crippen molar-refractivity contribution in [2.75, 3.05) is 18.0 Å². The molecule has 1 atom stereocenters. The fraction of sp³-hybridized carbons (Fsp3) is 0.167. The molecule has 0 aromatic heterocycles. The van der Waals surface area contributed by atoms with E-state index in [4.69, 9.17) is 4.74 Å². The normalized spacial score (nSPS) is 15.0. The van der Waals surface area contributed by atoms with Crippen molar-refractivity contribution in [3.05, 3.63) is 95.6 Å². The van der Waals surface area contributed by atoms with Gasteiger partial charge in [0.05, 0.1) is 17.8 Å². The Morgan fingerprint density at radius 2 is 1.74 bits per heavy atom. The lowest BCUT2D eigenvalue weighted by Crippen LogP contribution is -2.51. The van der Waals surface area contributed by atoms with E-state index in [1.165, 1.54) is 4.90 Å². The Morgan fingerprint density at radius 1 is 1.00 bits per heavy atom. The number of hydrogen-bond donors (Lipinski definition) is 1. The summed E-state index contributed by atoms with van der Waals surface area (Å²) in [5.41, 5.74) is 1.07. The highest BCUT2D eigenvalue weighted by atomic mass is 19.1. The van der Waals surface area contributed by atoms with Gasteiger partial charge in [-0.15, -0.1) is 0 Å². The lowest BCUT2D eigenvalue weighted by Gasteiger charge is -2.34. The molecule has 1 heterocycles. The summed E-state index contributed by atoms with van der Waals surface area (Å²) in [4.78, 5) is 27.0. The first-order chi connectivity index (χ1) is 15.0. The summed E-state index contributed by atoms with van der Waals surface area (Å²) in [7, 11) is 0. The Bertz CT molecular complexity index is 1100. The number of nitrogens with zero attached hydrogens (tertiary/aromatic N) is 1. The molecule has 0 radical (unpaired) electrons. The summed E-state index contributed by atoms with van der Waals surface area (Å²) < 4.78 is 33.6. The molecule has 1 N–H and O–H groups in total. The average molecular weight is 422 g/mol. The van der Waals surface area contributed by atoms with Crippen molar-refractivity contribution < 1.29 is 23.1 Å². The molecule has 0 fully saturated rings. The molecule has 4 rings (SSSR count). The Hall–Kier alpha value is -3.74. The first-order valence-electron chi connectivity index (χ1n) is 9.87. The number of rotatable bonds is 5. The summed E-state index contributed by atoms with van der Waals surface area (Å²) in [6, 6.07) is 19.1. The highest BCUT2D eigenvalue weighted by molar-refractivity contribution is 6.08. The van der Waals surface area contributed by atoms with Crippen LogP contribution in [0, 0.1) is 11.6 Å². The Morgan fingerprint density at radius 3 is 2.55 bits per heavy atom. The molecule has 3 aromatic carbocycles. The second-order valence-electron chi connectivity index (χ2n) is 7.14. The Balaban J connectivity index is 1.52. The van der Waals surface area contributed by atoms with Gasteiger partial charge in [0.15, 0.2) is 6.10 Å². The monoisotopic (exact) mass is 422 g/mol. The number of benzene rings is 3. The molecule has 3 aromatic rings. The molecule has 1 unspecified atom stereocenters. The van der Waals surface area contributed by atoms with Gasteiger partial charge in [-0.2, -0.15) is 0 Å². The SMILES string of the molecule is O=C(NCCc1ccccc1)C1CN(C(=O)c2cc(F)ccc2F)c2ccccc2O1. The number of amides is 2. The molecule has 1 aliphatic rings. The average Bonchev–Trinajstić information content (AvgIpc) is 2.80. The van der Waals surface area contributed by atoms with E-state index < -0.39 is 29.2 Å². The topological polar surface area (TPSA) is 58.6 Å². The van der Waals surface area contributed by atoms with Gasteiger partial charge in [0.25, 0.3) is 11.8 Å². The summed E-state index contributed by atoms with van der Waals surface area (Å²) >= 11 is 0. The maximum Gasteiger partial charge on any atom is 0.262 e. The van der Waals surface area contributed by atoms with Crippen molar-refractivity contribution in [1.82, 2.24) is 5.32 Å². The van der Waals surface area contributed by atoms with Gasteiger partial charge in [0.1, 0.15) is 17.4 Å². The summed E-state index contributed by atoms with van der Waals surface area (Å²) in [6.45, 7) is 0.278. The number of fused-ring (bicyclic) bond motifs is 1. The van der Waals surface area contributed by atoms with Crippen molar-refractivity contribution in [2.45, 2.75) is 12.5 Å². The van der Waals surface area contributed by atoms with E-state index in [-0.39, 0.29) is 12.5 Å². The highest BCUT2D eigenvalue weighted by Crippen LogP contribution is 2.34. The van der Waals surface area contributed by atoms with Crippen LogP contribution in [0.3, 0.4) is 0 Å². The van der Waals surface area contributed by atoms with Crippen LogP contribution in [0.25, 0.3) is 0 Å². The van der Waals surface area contributed by atoms with Crippen LogP contribution in [-0.2, 0) is 11.2 Å². The van der Waals surface area contributed by atoms with E-state index in [1.54, 1.807) is 24.3 Å². The predicted molar refractivity (Wildman–Crippen MR) is 112 cm³/mol. The van der Waals surface area contributed by atoms with Crippen molar-refractivity contribution >= 4 is 17.5 Å². The minimum atomic E-state index is -0.980. The van der Waals surface area contributed by atoms with Crippen LogP contribution in [0.2, 0.25) is 0 Å². The van der Waals surface area contributed by atoms with Gasteiger partial charge in [0, 0.05) is 6.54 Å². The lowest BCUT2D eigenvalue weighted by molar-refractivity contribution is -0.127. The minimum Gasteiger partial charge on any atom is -0.477 e. The third kappa shape index (κ3) is 4.55. The summed E-state index contributed by atoms with van der Waals surface area (Å²) in [5, 5.41) is 2.82. The number of carbonyl (C=O) groups is 2. The molecule has 158 valence electrons. The van der Waals surface area contributed by atoms with E-state index in [9.17, 15) is 18.4 Å². The van der Waals surface area contributed by atoms with Gasteiger partial charge in [-0.3, -0.25) is 9.59 Å². The van der Waals surface area contributed by atoms with Crippen molar-refractivity contribution in [3.8, 4) is 5.75 Å². The molecule has 7 heteroatoms. The highest BCUT2D eigenvalue weighted by Gasteiger charge is 2.35. The minimum absolute atomic E-state index is 0.122. The van der Waals surface area contributed by atoms with E-state index in [0.717, 1.165) is 23.8 Å². The van der Waals surface area contributed by atoms with Crippen LogP contribution < -0.4 is 15.0 Å². The molecule has 1 aliphatic heterocycles. The van der Waals surface area contributed by atoms with Crippen LogP contribution in [0.5, 0.6) is 5.75 Å². The molecule has 5 nitrogen and oxygen atoms in total. The third-order valence-corrected chi connectivity index (χ3v) is 5.03. The number of halogens is 2. The number of anilines is 1. The van der Waals surface area contributed by atoms with E-state index in [0.29, 0.717) is 24.4 Å². The Labute approximate surface area is 178 Å². The molecule has 0 spiro atoms. The number of para-hydroxylation sites is 2. The van der Waals surface area contributed by atoms with Gasteiger partial charge < -0.3 is 15.0 Å². The molecule has 0 saturated carbocycles. The van der Waals surface area contributed by atoms with Crippen LogP contribution in [0.4, 0.5) is 14.5 Å². The molecule has 0 bridgehead atoms.